The number of rotatable bonds is 5. The van der Waals surface area contributed by atoms with Gasteiger partial charge in [0.25, 0.3) is 5.91 Å². The average Bonchev–Trinajstić information content (AvgIpc) is 2.34. The molecule has 16 heavy (non-hydrogen) atoms. The Hall–Kier alpha value is -1.03. The van der Waals surface area contributed by atoms with E-state index >= 15 is 0 Å². The van der Waals surface area contributed by atoms with Gasteiger partial charge in [0.05, 0.1) is 12.7 Å². The van der Waals surface area contributed by atoms with Gasteiger partial charge in [-0.25, -0.2) is 0 Å². The summed E-state index contributed by atoms with van der Waals surface area (Å²) in [6.07, 6.45) is 0.942. The lowest BCUT2D eigenvalue weighted by Crippen LogP contribution is -2.28. The number of ether oxygens (including phenoxy) is 1. The van der Waals surface area contributed by atoms with E-state index in [1.54, 1.807) is 31.2 Å². The summed E-state index contributed by atoms with van der Waals surface area (Å²) in [5.41, 5.74) is 0.613. The van der Waals surface area contributed by atoms with Gasteiger partial charge in [0.1, 0.15) is 5.75 Å². The largest absolute Gasteiger partial charge is 0.496 e. The summed E-state index contributed by atoms with van der Waals surface area (Å²) in [4.78, 5) is 13.8. The van der Waals surface area contributed by atoms with E-state index in [0.717, 1.165) is 18.3 Å². The Labute approximate surface area is 105 Å². The van der Waals surface area contributed by atoms with E-state index in [4.69, 9.17) is 4.74 Å². The molecule has 0 saturated heterocycles. The summed E-state index contributed by atoms with van der Waals surface area (Å²) in [7, 11) is 3.38. The van der Waals surface area contributed by atoms with Crippen molar-refractivity contribution in [1.82, 2.24) is 4.90 Å². The van der Waals surface area contributed by atoms with E-state index in [-0.39, 0.29) is 5.91 Å². The number of halogens is 1. The highest BCUT2D eigenvalue weighted by Crippen LogP contribution is 2.18. The van der Waals surface area contributed by atoms with Gasteiger partial charge in [-0.05, 0) is 18.6 Å². The molecule has 0 aliphatic heterocycles. The maximum Gasteiger partial charge on any atom is 0.257 e. The molecule has 0 aliphatic rings. The lowest BCUT2D eigenvalue weighted by Gasteiger charge is -2.17. The maximum absolute atomic E-state index is 12.1. The van der Waals surface area contributed by atoms with Crippen LogP contribution in [-0.4, -0.2) is 36.8 Å². The number of carbonyl (C=O) groups excluding carboxylic acids is 1. The summed E-state index contributed by atoms with van der Waals surface area (Å²) >= 11 is 3.35. The maximum atomic E-state index is 12.1. The molecule has 1 rings (SSSR count). The van der Waals surface area contributed by atoms with Crippen LogP contribution < -0.4 is 4.74 Å². The van der Waals surface area contributed by atoms with Crippen LogP contribution in [0.1, 0.15) is 16.8 Å². The third-order valence-corrected chi connectivity index (χ3v) is 2.87. The van der Waals surface area contributed by atoms with Crippen molar-refractivity contribution in [3.05, 3.63) is 29.8 Å². The first-order valence-electron chi connectivity index (χ1n) is 5.15. The molecule has 3 nitrogen and oxygen atoms in total. The van der Waals surface area contributed by atoms with Crippen molar-refractivity contribution in [2.24, 2.45) is 0 Å². The second-order valence-electron chi connectivity index (χ2n) is 3.47. The summed E-state index contributed by atoms with van der Waals surface area (Å²) in [5.74, 6) is 0.622. The number of amides is 1. The van der Waals surface area contributed by atoms with Gasteiger partial charge in [-0.2, -0.15) is 0 Å². The highest BCUT2D eigenvalue weighted by atomic mass is 79.9. The van der Waals surface area contributed by atoms with Gasteiger partial charge in [0, 0.05) is 18.9 Å². The monoisotopic (exact) mass is 285 g/mol. The van der Waals surface area contributed by atoms with Crippen LogP contribution in [0.3, 0.4) is 0 Å². The second kappa shape index (κ2) is 6.53. The summed E-state index contributed by atoms with van der Waals surface area (Å²) in [5, 5.41) is 0.899. The van der Waals surface area contributed by atoms with E-state index < -0.39 is 0 Å². The second-order valence-corrected chi connectivity index (χ2v) is 4.26. The van der Waals surface area contributed by atoms with Gasteiger partial charge in [-0.1, -0.05) is 28.1 Å². The Morgan fingerprint density at radius 2 is 2.12 bits per heavy atom. The van der Waals surface area contributed by atoms with Gasteiger partial charge >= 0.3 is 0 Å². The molecule has 0 heterocycles. The van der Waals surface area contributed by atoms with E-state index in [0.29, 0.717) is 11.3 Å². The Balaban J connectivity index is 2.79. The van der Waals surface area contributed by atoms with Gasteiger partial charge in [0.15, 0.2) is 0 Å². The minimum Gasteiger partial charge on any atom is -0.496 e. The molecule has 0 N–H and O–H groups in total. The molecule has 0 radical (unpaired) electrons. The fourth-order valence-electron chi connectivity index (χ4n) is 1.43. The SMILES string of the molecule is COc1ccccc1C(=O)N(C)CCCBr. The predicted molar refractivity (Wildman–Crippen MR) is 68.4 cm³/mol. The summed E-state index contributed by atoms with van der Waals surface area (Å²) < 4.78 is 5.16. The minimum absolute atomic E-state index is 0.00148. The summed E-state index contributed by atoms with van der Waals surface area (Å²) in [6, 6.07) is 7.28. The van der Waals surface area contributed by atoms with Crippen LogP contribution in [0.4, 0.5) is 0 Å². The molecule has 0 atom stereocenters. The fourth-order valence-corrected chi connectivity index (χ4v) is 1.68. The van der Waals surface area contributed by atoms with Crippen molar-refractivity contribution in [2.75, 3.05) is 26.0 Å². The van der Waals surface area contributed by atoms with Crippen molar-refractivity contribution < 1.29 is 9.53 Å². The molecular weight excluding hydrogens is 270 g/mol. The topological polar surface area (TPSA) is 29.5 Å². The number of hydrogen-bond acceptors (Lipinski definition) is 2. The number of benzene rings is 1. The average molecular weight is 286 g/mol. The molecule has 0 fully saturated rings. The van der Waals surface area contributed by atoms with Gasteiger partial charge in [-0.3, -0.25) is 4.79 Å². The lowest BCUT2D eigenvalue weighted by atomic mass is 10.1. The van der Waals surface area contributed by atoms with Crippen LogP contribution in [0.2, 0.25) is 0 Å². The van der Waals surface area contributed by atoms with Gasteiger partial charge < -0.3 is 9.64 Å². The smallest absolute Gasteiger partial charge is 0.257 e. The fraction of sp³-hybridized carbons (Fsp3) is 0.417. The number of para-hydroxylation sites is 1. The van der Waals surface area contributed by atoms with E-state index in [1.165, 1.54) is 0 Å². The predicted octanol–water partition coefficient (Wildman–Crippen LogP) is 2.55. The van der Waals surface area contributed by atoms with Crippen LogP contribution in [0.15, 0.2) is 24.3 Å². The zero-order valence-corrected chi connectivity index (χ0v) is 11.2. The van der Waals surface area contributed by atoms with Crippen LogP contribution in [0.5, 0.6) is 5.75 Å². The van der Waals surface area contributed by atoms with Crippen molar-refractivity contribution in [1.29, 1.82) is 0 Å². The molecule has 0 aliphatic carbocycles. The molecule has 0 spiro atoms. The molecule has 0 unspecified atom stereocenters. The first kappa shape index (κ1) is 13.0. The Kier molecular flexibility index (Phi) is 5.32. The van der Waals surface area contributed by atoms with Crippen molar-refractivity contribution >= 4 is 21.8 Å². The lowest BCUT2D eigenvalue weighted by molar-refractivity contribution is 0.0792. The molecule has 0 saturated carbocycles. The zero-order valence-electron chi connectivity index (χ0n) is 9.57. The van der Waals surface area contributed by atoms with E-state index in [2.05, 4.69) is 15.9 Å². The van der Waals surface area contributed by atoms with E-state index in [1.807, 2.05) is 12.1 Å². The van der Waals surface area contributed by atoms with Crippen LogP contribution >= 0.6 is 15.9 Å². The number of hydrogen-bond donors (Lipinski definition) is 0. The van der Waals surface area contributed by atoms with Gasteiger partial charge in [-0.15, -0.1) is 0 Å². The van der Waals surface area contributed by atoms with Crippen molar-refractivity contribution in [3.63, 3.8) is 0 Å². The van der Waals surface area contributed by atoms with Crippen LogP contribution in [-0.2, 0) is 0 Å². The standard InChI is InChI=1S/C12H16BrNO2/c1-14(9-5-8-13)12(15)10-6-3-4-7-11(10)16-2/h3-4,6-7H,5,8-9H2,1-2H3. The third-order valence-electron chi connectivity index (χ3n) is 2.31. The normalized spacial score (nSPS) is 9.94. The number of nitrogens with zero attached hydrogens (tertiary/aromatic N) is 1. The molecule has 88 valence electrons. The molecule has 1 amide bonds. The number of carbonyl (C=O) groups is 1. The highest BCUT2D eigenvalue weighted by Gasteiger charge is 2.15. The first-order valence-corrected chi connectivity index (χ1v) is 6.27. The van der Waals surface area contributed by atoms with Crippen molar-refractivity contribution in [3.8, 4) is 5.75 Å². The minimum atomic E-state index is -0.00148. The third kappa shape index (κ3) is 3.23. The van der Waals surface area contributed by atoms with E-state index in [9.17, 15) is 4.79 Å². The molecule has 4 heteroatoms. The Morgan fingerprint density at radius 1 is 1.44 bits per heavy atom. The molecule has 0 bridgehead atoms. The summed E-state index contributed by atoms with van der Waals surface area (Å²) in [6.45, 7) is 0.738. The Bertz CT molecular complexity index is 355. The molecular formula is C12H16BrNO2. The molecule has 0 aromatic heterocycles. The van der Waals surface area contributed by atoms with Crippen molar-refractivity contribution in [2.45, 2.75) is 6.42 Å². The van der Waals surface area contributed by atoms with Crippen LogP contribution in [0, 0.1) is 0 Å². The molecule has 1 aromatic rings. The Morgan fingerprint density at radius 3 is 2.75 bits per heavy atom. The number of methoxy groups -OCH3 is 1. The van der Waals surface area contributed by atoms with Crippen LogP contribution in [0.25, 0.3) is 0 Å². The quantitative estimate of drug-likeness (QED) is 0.778. The number of alkyl halides is 1. The molecule has 1 aromatic carbocycles. The van der Waals surface area contributed by atoms with Gasteiger partial charge in [0.2, 0.25) is 0 Å². The highest BCUT2D eigenvalue weighted by molar-refractivity contribution is 9.09. The first-order chi connectivity index (χ1) is 7.70. The zero-order chi connectivity index (χ0) is 12.0.